The van der Waals surface area contributed by atoms with E-state index in [4.69, 9.17) is 22.3 Å². The van der Waals surface area contributed by atoms with Crippen molar-refractivity contribution in [3.63, 3.8) is 0 Å². The minimum atomic E-state index is 0.241. The van der Waals surface area contributed by atoms with Crippen LogP contribution in [0.4, 0.5) is 29.2 Å². The summed E-state index contributed by atoms with van der Waals surface area (Å²) in [6.45, 7) is 11.5. The second-order valence-electron chi connectivity index (χ2n) is 10.0. The number of nitrogen functional groups attached to an aromatic ring is 1. The van der Waals surface area contributed by atoms with Gasteiger partial charge in [0.25, 0.3) is 0 Å². The highest BCUT2D eigenvalue weighted by Crippen LogP contribution is 2.31. The fourth-order valence-corrected chi connectivity index (χ4v) is 6.11. The quantitative estimate of drug-likeness (QED) is 0.390. The van der Waals surface area contributed by atoms with Gasteiger partial charge in [0.05, 0.1) is 10.7 Å². The lowest BCUT2D eigenvalue weighted by Gasteiger charge is -2.36. The van der Waals surface area contributed by atoms with Crippen LogP contribution in [0.1, 0.15) is 72.1 Å². The van der Waals surface area contributed by atoms with Crippen LogP contribution in [-0.2, 0) is 0 Å². The number of nitrogens with zero attached hydrogens (tertiary/aromatic N) is 6. The third kappa shape index (κ3) is 6.51. The van der Waals surface area contributed by atoms with E-state index in [1.54, 1.807) is 0 Å². The third-order valence-electron chi connectivity index (χ3n) is 7.78. The maximum Gasteiger partial charge on any atom is 0.233 e. The van der Waals surface area contributed by atoms with Crippen molar-refractivity contribution in [2.75, 3.05) is 53.6 Å². The third-order valence-corrected chi connectivity index (χ3v) is 8.09. The van der Waals surface area contributed by atoms with Gasteiger partial charge in [-0.25, -0.2) is 0 Å². The number of halogens is 1. The average Bonchev–Trinajstić information content (AvgIpc) is 3.15. The summed E-state index contributed by atoms with van der Waals surface area (Å²) < 4.78 is 0. The van der Waals surface area contributed by atoms with Gasteiger partial charge in [-0.1, -0.05) is 44.2 Å². The van der Waals surface area contributed by atoms with Crippen molar-refractivity contribution in [1.82, 2.24) is 19.9 Å². The van der Waals surface area contributed by atoms with E-state index in [-0.39, 0.29) is 5.95 Å². The zero-order chi connectivity index (χ0) is 25.5. The first kappa shape index (κ1) is 26.7. The molecule has 198 valence electrons. The number of likely N-dealkylation sites (tertiary alicyclic amines) is 1. The Hall–Kier alpha value is -2.32. The molecule has 1 saturated heterocycles. The minimum Gasteiger partial charge on any atom is -0.371 e. The van der Waals surface area contributed by atoms with E-state index in [9.17, 15) is 0 Å². The molecule has 1 aliphatic heterocycles. The van der Waals surface area contributed by atoms with E-state index in [1.165, 1.54) is 57.9 Å². The molecule has 0 bridgehead atoms. The van der Waals surface area contributed by atoms with Crippen molar-refractivity contribution < 1.29 is 0 Å². The Kier molecular flexibility index (Phi) is 9.48. The van der Waals surface area contributed by atoms with Crippen LogP contribution in [0.3, 0.4) is 0 Å². The van der Waals surface area contributed by atoms with Gasteiger partial charge in [-0.2, -0.15) is 15.0 Å². The summed E-state index contributed by atoms with van der Waals surface area (Å²) in [5.74, 6) is 1.39. The largest absolute Gasteiger partial charge is 0.371 e. The van der Waals surface area contributed by atoms with Gasteiger partial charge in [0.2, 0.25) is 17.8 Å². The normalized spacial score (nSPS) is 19.3. The first-order valence-corrected chi connectivity index (χ1v) is 14.2. The minimum absolute atomic E-state index is 0.241. The predicted molar refractivity (Wildman–Crippen MR) is 152 cm³/mol. The molecule has 1 aromatic heterocycles. The molecule has 2 aromatic rings. The molecule has 1 aliphatic carbocycles. The first-order valence-electron chi connectivity index (χ1n) is 13.9. The fourth-order valence-electron chi connectivity index (χ4n) is 5.81. The van der Waals surface area contributed by atoms with Gasteiger partial charge < -0.3 is 20.9 Å². The van der Waals surface area contributed by atoms with E-state index >= 15 is 0 Å². The topological polar surface area (TPSA) is 86.4 Å². The number of benzene rings is 1. The summed E-state index contributed by atoms with van der Waals surface area (Å²) in [4.78, 5) is 21.2. The summed E-state index contributed by atoms with van der Waals surface area (Å²) in [5, 5.41) is 4.03. The molecular weight excluding hydrogens is 472 g/mol. The van der Waals surface area contributed by atoms with Crippen LogP contribution < -0.4 is 20.9 Å². The van der Waals surface area contributed by atoms with Crippen LogP contribution in [0.2, 0.25) is 5.02 Å². The van der Waals surface area contributed by atoms with Crippen LogP contribution in [0.25, 0.3) is 0 Å². The van der Waals surface area contributed by atoms with E-state index in [2.05, 4.69) is 50.8 Å². The molecule has 0 radical (unpaired) electrons. The van der Waals surface area contributed by atoms with Crippen LogP contribution >= 0.6 is 11.6 Å². The highest BCUT2D eigenvalue weighted by atomic mass is 35.5. The Morgan fingerprint density at radius 2 is 1.75 bits per heavy atom. The lowest BCUT2D eigenvalue weighted by Crippen LogP contribution is -2.46. The Bertz CT molecular complexity index is 974. The number of hydrogen-bond acceptors (Lipinski definition) is 8. The lowest BCUT2D eigenvalue weighted by atomic mass is 10.1. The van der Waals surface area contributed by atoms with Crippen molar-refractivity contribution in [3.8, 4) is 0 Å². The summed E-state index contributed by atoms with van der Waals surface area (Å²) in [5.41, 5.74) is 8.09. The number of hydrogen-bond donors (Lipinski definition) is 2. The number of nitrogens with one attached hydrogen (secondary N) is 1. The number of anilines is 5. The van der Waals surface area contributed by atoms with Crippen LogP contribution in [0.15, 0.2) is 18.2 Å². The molecule has 1 unspecified atom stereocenters. The van der Waals surface area contributed by atoms with E-state index in [0.717, 1.165) is 37.6 Å². The van der Waals surface area contributed by atoms with Gasteiger partial charge in [0, 0.05) is 37.4 Å². The Labute approximate surface area is 221 Å². The number of nitrogens with two attached hydrogens (primary N) is 1. The zero-order valence-electron chi connectivity index (χ0n) is 22.2. The van der Waals surface area contributed by atoms with Gasteiger partial charge in [0.15, 0.2) is 0 Å². The molecule has 2 aliphatic rings. The van der Waals surface area contributed by atoms with Crippen molar-refractivity contribution in [2.45, 2.75) is 84.2 Å². The number of likely N-dealkylation sites (N-methyl/N-ethyl adjacent to an activating group) is 1. The van der Waals surface area contributed by atoms with Gasteiger partial charge >= 0.3 is 0 Å². The van der Waals surface area contributed by atoms with E-state index < -0.39 is 0 Å². The molecule has 1 saturated carbocycles. The van der Waals surface area contributed by atoms with Crippen LogP contribution in [0, 0.1) is 0 Å². The van der Waals surface area contributed by atoms with Crippen molar-refractivity contribution in [2.24, 2.45) is 0 Å². The Morgan fingerprint density at radius 3 is 2.42 bits per heavy atom. The Balaban J connectivity index is 1.60. The molecule has 8 nitrogen and oxygen atoms in total. The van der Waals surface area contributed by atoms with Crippen molar-refractivity contribution in [1.29, 1.82) is 0 Å². The second kappa shape index (κ2) is 12.8. The van der Waals surface area contributed by atoms with Gasteiger partial charge in [-0.3, -0.25) is 4.90 Å². The van der Waals surface area contributed by atoms with Crippen LogP contribution in [-0.4, -0.2) is 64.7 Å². The van der Waals surface area contributed by atoms with E-state index in [0.29, 0.717) is 29.0 Å². The lowest BCUT2D eigenvalue weighted by molar-refractivity contribution is 0.262. The molecule has 3 N–H and O–H groups in total. The average molecular weight is 515 g/mol. The maximum atomic E-state index is 6.63. The number of aromatic nitrogens is 3. The van der Waals surface area contributed by atoms with Crippen LogP contribution in [0.5, 0.6) is 0 Å². The zero-order valence-corrected chi connectivity index (χ0v) is 23.0. The highest BCUT2D eigenvalue weighted by Gasteiger charge is 2.30. The summed E-state index contributed by atoms with van der Waals surface area (Å²) >= 11 is 6.63. The molecule has 2 heterocycles. The molecule has 0 amide bonds. The number of rotatable bonds is 10. The molecule has 2 fully saturated rings. The summed E-state index contributed by atoms with van der Waals surface area (Å²) in [6, 6.07) is 6.94. The van der Waals surface area contributed by atoms with E-state index in [1.807, 2.05) is 18.2 Å². The smallest absolute Gasteiger partial charge is 0.233 e. The Morgan fingerprint density at radius 1 is 1.00 bits per heavy atom. The maximum absolute atomic E-state index is 6.63. The molecule has 36 heavy (non-hydrogen) atoms. The summed E-state index contributed by atoms with van der Waals surface area (Å²) in [6.07, 6.45) is 9.97. The molecule has 4 rings (SSSR count). The first-order chi connectivity index (χ1) is 17.5. The fraction of sp³-hybridized carbons (Fsp3) is 0.667. The van der Waals surface area contributed by atoms with Crippen molar-refractivity contribution in [3.05, 3.63) is 23.2 Å². The SMILES string of the molecule is CCN(CC)c1ccc(Nc2nc(N)nc(N(CC3CCCN3CC)C3CCCCCC3)n2)cc1Cl. The van der Waals surface area contributed by atoms with Gasteiger partial charge in [0.1, 0.15) is 0 Å². The second-order valence-corrected chi connectivity index (χ2v) is 10.4. The molecule has 1 atom stereocenters. The molecular formula is C27H43ClN8. The molecule has 9 heteroatoms. The molecule has 1 aromatic carbocycles. The van der Waals surface area contributed by atoms with Crippen molar-refractivity contribution >= 4 is 40.8 Å². The molecule has 0 spiro atoms. The van der Waals surface area contributed by atoms with Gasteiger partial charge in [-0.15, -0.1) is 0 Å². The van der Waals surface area contributed by atoms with Gasteiger partial charge in [-0.05, 0) is 70.8 Å². The summed E-state index contributed by atoms with van der Waals surface area (Å²) in [7, 11) is 0. The predicted octanol–water partition coefficient (Wildman–Crippen LogP) is 5.71. The standard InChI is InChI=1S/C27H43ClN8/c1-4-34(5-2)24-16-15-20(18-23(24)28)30-26-31-25(29)32-27(33-26)36(21-12-9-7-8-10-13-21)19-22-14-11-17-35(22)6-3/h15-16,18,21-22H,4-14,17,19H2,1-3H3,(H3,29,30,31,32,33). The highest BCUT2D eigenvalue weighted by molar-refractivity contribution is 6.33. The monoisotopic (exact) mass is 514 g/mol.